The van der Waals surface area contributed by atoms with Crippen LogP contribution < -0.4 is 27.0 Å². The summed E-state index contributed by atoms with van der Waals surface area (Å²) in [5, 5.41) is 30.8. The van der Waals surface area contributed by atoms with E-state index in [1.54, 1.807) is 13.8 Å². The van der Waals surface area contributed by atoms with Crippen molar-refractivity contribution in [1.29, 1.82) is 0 Å². The molecule has 1 aromatic rings. The van der Waals surface area contributed by atoms with Crippen molar-refractivity contribution in [2.45, 2.75) is 46.8 Å². The van der Waals surface area contributed by atoms with Crippen molar-refractivity contribution in [3.8, 4) is 0 Å². The van der Waals surface area contributed by atoms with Gasteiger partial charge >= 0.3 is 0 Å². The summed E-state index contributed by atoms with van der Waals surface area (Å²) in [6.45, 7) is 8.11. The van der Waals surface area contributed by atoms with E-state index in [0.717, 1.165) is 6.07 Å². The van der Waals surface area contributed by atoms with E-state index in [1.807, 2.05) is 13.8 Å². The number of amides is 4. The topological polar surface area (TPSA) is 206 Å². The fourth-order valence-electron chi connectivity index (χ4n) is 2.61. The highest BCUT2D eigenvalue weighted by atomic mass is 16.6. The predicted molar refractivity (Wildman–Crippen MR) is 121 cm³/mol. The van der Waals surface area contributed by atoms with Gasteiger partial charge in [0.05, 0.1) is 35.4 Å². The third-order valence-electron chi connectivity index (χ3n) is 4.06. The molecule has 0 saturated heterocycles. The minimum Gasteiger partial charge on any atom is -0.391 e. The Morgan fingerprint density at radius 2 is 1.76 bits per heavy atom. The molecule has 1 rings (SSSR count). The number of nitro groups is 1. The van der Waals surface area contributed by atoms with Crippen LogP contribution in [0.4, 0.5) is 11.4 Å². The number of anilines is 1. The van der Waals surface area contributed by atoms with Gasteiger partial charge in [-0.3, -0.25) is 29.3 Å². The zero-order valence-electron chi connectivity index (χ0n) is 19.4. The lowest BCUT2D eigenvalue weighted by molar-refractivity contribution is -0.384. The van der Waals surface area contributed by atoms with Crippen LogP contribution in [0.2, 0.25) is 0 Å². The lowest BCUT2D eigenvalue weighted by Gasteiger charge is -2.22. The van der Waals surface area contributed by atoms with Gasteiger partial charge in [0.25, 0.3) is 11.6 Å². The molecule has 0 aliphatic carbocycles. The average Bonchev–Trinajstić information content (AvgIpc) is 2.76. The maximum absolute atomic E-state index is 12.8. The molecular formula is C20H32N6O7. The van der Waals surface area contributed by atoms with E-state index in [-0.39, 0.29) is 11.3 Å². The van der Waals surface area contributed by atoms with Crippen molar-refractivity contribution in [1.82, 2.24) is 16.0 Å². The van der Waals surface area contributed by atoms with Crippen LogP contribution in [-0.2, 0) is 14.4 Å². The number of nitro benzene ring substituents is 1. The molecular weight excluding hydrogens is 436 g/mol. The molecule has 7 N–H and O–H groups in total. The van der Waals surface area contributed by atoms with Crippen LogP contribution in [-0.4, -0.2) is 65.4 Å². The Balaban J connectivity index is 0.00000497. The Hall–Kier alpha value is -3.74. The minimum atomic E-state index is -1.45. The molecule has 0 aliphatic heterocycles. The molecule has 0 heterocycles. The number of hydrogen-bond acceptors (Lipinski definition) is 8. The van der Waals surface area contributed by atoms with Gasteiger partial charge < -0.3 is 32.1 Å². The monoisotopic (exact) mass is 468 g/mol. The predicted octanol–water partition coefficient (Wildman–Crippen LogP) is -0.442. The van der Waals surface area contributed by atoms with Gasteiger partial charge in [-0.1, -0.05) is 13.8 Å². The number of non-ortho nitro benzene ring substituents is 1. The van der Waals surface area contributed by atoms with Crippen LogP contribution in [0.5, 0.6) is 0 Å². The Morgan fingerprint density at radius 3 is 2.24 bits per heavy atom. The van der Waals surface area contributed by atoms with Crippen LogP contribution in [0.3, 0.4) is 0 Å². The molecule has 2 unspecified atom stereocenters. The number of rotatable bonds is 11. The number of nitrogens with one attached hydrogen (secondary N) is 4. The molecule has 0 aromatic heterocycles. The Bertz CT molecular complexity index is 873. The molecule has 0 bridgehead atoms. The normalized spacial score (nSPS) is 11.7. The summed E-state index contributed by atoms with van der Waals surface area (Å²) < 4.78 is 0. The van der Waals surface area contributed by atoms with E-state index >= 15 is 0 Å². The number of aryl methyl sites for hydroxylation is 1. The summed E-state index contributed by atoms with van der Waals surface area (Å²) >= 11 is 0. The van der Waals surface area contributed by atoms with Crippen molar-refractivity contribution < 1.29 is 29.2 Å². The standard InChI is InChI=1S/C18H26N6O7.C2H6/c1-4-20-15-9(2)5-11(24(30)31)6-12(15)17(28)23-16(10(3)25)18(29)22-8-14(27)21-7-13(19)26;1-2/h5-6,10,16,20,25H,4,7-8H2,1-3H3,(H2,19,26)(H,21,27)(H,22,29)(H,23,28);1-2H3. The van der Waals surface area contributed by atoms with Gasteiger partial charge in [-0.15, -0.1) is 0 Å². The average molecular weight is 469 g/mol. The van der Waals surface area contributed by atoms with Gasteiger partial charge in [0.15, 0.2) is 0 Å². The molecule has 33 heavy (non-hydrogen) atoms. The van der Waals surface area contributed by atoms with Crippen LogP contribution in [0.1, 0.15) is 43.6 Å². The van der Waals surface area contributed by atoms with Crippen molar-refractivity contribution >= 4 is 35.0 Å². The van der Waals surface area contributed by atoms with Crippen LogP contribution in [0, 0.1) is 17.0 Å². The Kier molecular flexibility index (Phi) is 12.7. The molecule has 13 heteroatoms. The molecule has 0 radical (unpaired) electrons. The van der Waals surface area contributed by atoms with Crippen LogP contribution >= 0.6 is 0 Å². The van der Waals surface area contributed by atoms with Gasteiger partial charge in [-0.25, -0.2) is 0 Å². The number of benzene rings is 1. The maximum atomic E-state index is 12.8. The van der Waals surface area contributed by atoms with E-state index in [9.17, 15) is 34.4 Å². The van der Waals surface area contributed by atoms with Crippen LogP contribution in [0.15, 0.2) is 12.1 Å². The lowest BCUT2D eigenvalue weighted by Crippen LogP contribution is -2.54. The van der Waals surface area contributed by atoms with Gasteiger partial charge in [0.2, 0.25) is 17.7 Å². The summed E-state index contributed by atoms with van der Waals surface area (Å²) in [4.78, 5) is 57.9. The molecule has 0 aliphatic rings. The second-order valence-electron chi connectivity index (χ2n) is 6.63. The summed E-state index contributed by atoms with van der Waals surface area (Å²) in [5.41, 5.74) is 5.31. The summed E-state index contributed by atoms with van der Waals surface area (Å²) in [6.07, 6.45) is -1.35. The van der Waals surface area contributed by atoms with Crippen molar-refractivity contribution in [3.63, 3.8) is 0 Å². The van der Waals surface area contributed by atoms with E-state index in [1.165, 1.54) is 13.0 Å². The molecule has 184 valence electrons. The SMILES string of the molecule is CC.CCNc1c(C)cc([N+](=O)[O-])cc1C(=O)NC(C(=O)NCC(=O)NCC(N)=O)C(C)O. The fourth-order valence-corrected chi connectivity index (χ4v) is 2.61. The van der Waals surface area contributed by atoms with E-state index < -0.39 is 53.8 Å². The van der Waals surface area contributed by atoms with Gasteiger partial charge in [0.1, 0.15) is 6.04 Å². The van der Waals surface area contributed by atoms with Gasteiger partial charge in [-0.2, -0.15) is 0 Å². The summed E-state index contributed by atoms with van der Waals surface area (Å²) in [7, 11) is 0. The Morgan fingerprint density at radius 1 is 1.15 bits per heavy atom. The highest BCUT2D eigenvalue weighted by Gasteiger charge is 2.28. The first-order valence-corrected chi connectivity index (χ1v) is 10.3. The first-order chi connectivity index (χ1) is 15.5. The number of hydrogen-bond donors (Lipinski definition) is 6. The van der Waals surface area contributed by atoms with Gasteiger partial charge in [-0.05, 0) is 26.3 Å². The van der Waals surface area contributed by atoms with Crippen molar-refractivity contribution in [2.75, 3.05) is 25.0 Å². The van der Waals surface area contributed by atoms with Crippen molar-refractivity contribution in [3.05, 3.63) is 33.4 Å². The Labute approximate surface area is 191 Å². The molecule has 1 aromatic carbocycles. The number of aliphatic hydroxyl groups excluding tert-OH is 1. The summed E-state index contributed by atoms with van der Waals surface area (Å²) in [5.74, 6) is -3.17. The largest absolute Gasteiger partial charge is 0.391 e. The lowest BCUT2D eigenvalue weighted by atomic mass is 10.0. The molecule has 4 amide bonds. The quantitative estimate of drug-likeness (QED) is 0.185. The molecule has 0 spiro atoms. The second kappa shape index (κ2) is 14.3. The minimum absolute atomic E-state index is 0.0776. The van der Waals surface area contributed by atoms with E-state index in [4.69, 9.17) is 5.73 Å². The number of carbonyl (C=O) groups excluding carboxylic acids is 4. The number of nitrogens with two attached hydrogens (primary N) is 1. The number of aliphatic hydroxyl groups is 1. The first kappa shape index (κ1) is 29.3. The number of nitrogens with zero attached hydrogens (tertiary/aromatic N) is 1. The fraction of sp³-hybridized carbons (Fsp3) is 0.500. The second-order valence-corrected chi connectivity index (χ2v) is 6.63. The van der Waals surface area contributed by atoms with Crippen LogP contribution in [0.25, 0.3) is 0 Å². The smallest absolute Gasteiger partial charge is 0.270 e. The molecule has 0 saturated carbocycles. The third-order valence-corrected chi connectivity index (χ3v) is 4.06. The zero-order valence-corrected chi connectivity index (χ0v) is 19.4. The highest BCUT2D eigenvalue weighted by molar-refractivity contribution is 6.03. The number of carbonyl (C=O) groups is 4. The first-order valence-electron chi connectivity index (χ1n) is 10.3. The third kappa shape index (κ3) is 9.51. The van der Waals surface area contributed by atoms with E-state index in [2.05, 4.69) is 21.3 Å². The highest BCUT2D eigenvalue weighted by Crippen LogP contribution is 2.27. The molecule has 2 atom stereocenters. The maximum Gasteiger partial charge on any atom is 0.270 e. The van der Waals surface area contributed by atoms with E-state index in [0.29, 0.717) is 17.8 Å². The summed E-state index contributed by atoms with van der Waals surface area (Å²) in [6, 6.07) is 0.915. The van der Waals surface area contributed by atoms with Crippen molar-refractivity contribution in [2.24, 2.45) is 5.73 Å². The van der Waals surface area contributed by atoms with Gasteiger partial charge in [0, 0.05) is 18.7 Å². The number of primary amides is 1. The zero-order chi connectivity index (χ0) is 25.7. The molecule has 0 fully saturated rings. The molecule has 13 nitrogen and oxygen atoms in total.